The Kier molecular flexibility index (Phi) is 4.88. The van der Waals surface area contributed by atoms with Gasteiger partial charge in [0.1, 0.15) is 11.5 Å². The Labute approximate surface area is 215 Å². The minimum Gasteiger partial charge on any atom is -0.371 e. The van der Waals surface area contributed by atoms with Crippen LogP contribution in [0, 0.1) is 5.41 Å². The van der Waals surface area contributed by atoms with Crippen molar-refractivity contribution < 1.29 is 4.52 Å². The molecule has 0 N–H and O–H groups in total. The molecule has 0 bridgehead atoms. The average Bonchev–Trinajstić information content (AvgIpc) is 3.50. The van der Waals surface area contributed by atoms with Gasteiger partial charge in [-0.05, 0) is 78.8 Å². The van der Waals surface area contributed by atoms with Gasteiger partial charge in [-0.2, -0.15) is 0 Å². The Morgan fingerprint density at radius 1 is 1.00 bits per heavy atom. The predicted octanol–water partition coefficient (Wildman–Crippen LogP) is 8.09. The number of rotatable bonds is 4. The first-order valence-corrected chi connectivity index (χ1v) is 13.2. The van der Waals surface area contributed by atoms with Gasteiger partial charge in [0.2, 0.25) is 0 Å². The van der Waals surface area contributed by atoms with E-state index in [1.54, 1.807) is 0 Å². The van der Waals surface area contributed by atoms with Crippen LogP contribution >= 0.6 is 23.2 Å². The van der Waals surface area contributed by atoms with E-state index >= 15 is 0 Å². The van der Waals surface area contributed by atoms with Crippen LogP contribution in [0.1, 0.15) is 49.3 Å². The second-order valence-electron chi connectivity index (χ2n) is 10.5. The highest BCUT2D eigenvalue weighted by molar-refractivity contribution is 6.39. The van der Waals surface area contributed by atoms with Crippen LogP contribution in [0.4, 0.5) is 5.69 Å². The molecule has 2 aromatic carbocycles. The molecular weight excluding hydrogens is 477 g/mol. The fourth-order valence-corrected chi connectivity index (χ4v) is 6.57. The van der Waals surface area contributed by atoms with Gasteiger partial charge < -0.3 is 14.0 Å². The van der Waals surface area contributed by atoms with Gasteiger partial charge in [-0.1, -0.05) is 46.6 Å². The lowest BCUT2D eigenvalue weighted by molar-refractivity contribution is 0.277. The van der Waals surface area contributed by atoms with Crippen LogP contribution in [0.2, 0.25) is 10.0 Å². The average molecular weight is 504 g/mol. The molecule has 0 amide bonds. The van der Waals surface area contributed by atoms with Crippen molar-refractivity contribution >= 4 is 45.4 Å². The smallest absolute Gasteiger partial charge is 0.147 e. The molecule has 7 rings (SSSR count). The lowest BCUT2D eigenvalue weighted by Gasteiger charge is -2.47. The minimum absolute atomic E-state index is 0.264. The van der Waals surface area contributed by atoms with E-state index in [-0.39, 0.29) is 5.41 Å². The van der Waals surface area contributed by atoms with Gasteiger partial charge in [-0.25, -0.2) is 0 Å². The molecule has 0 radical (unpaired) electrons. The number of allylic oxidation sites excluding steroid dienone is 2. The summed E-state index contributed by atoms with van der Waals surface area (Å²) in [6.07, 6.45) is 10.3. The number of piperidine rings is 1. The third kappa shape index (κ3) is 3.53. The third-order valence-corrected chi connectivity index (χ3v) is 8.84. The molecule has 2 aliphatic carbocycles. The summed E-state index contributed by atoms with van der Waals surface area (Å²) >= 11 is 13.1. The van der Waals surface area contributed by atoms with E-state index in [1.165, 1.54) is 22.2 Å². The van der Waals surface area contributed by atoms with Crippen molar-refractivity contribution in [2.24, 2.45) is 12.5 Å². The summed E-state index contributed by atoms with van der Waals surface area (Å²) in [7, 11) is 2.11. The summed E-state index contributed by atoms with van der Waals surface area (Å²) in [5.41, 5.74) is 6.96. The van der Waals surface area contributed by atoms with E-state index in [0.717, 1.165) is 67.8 Å². The highest BCUT2D eigenvalue weighted by Gasteiger charge is 2.44. The summed E-state index contributed by atoms with van der Waals surface area (Å²) in [5.74, 6) is 1.49. The first kappa shape index (κ1) is 21.6. The highest BCUT2D eigenvalue weighted by Crippen LogP contribution is 2.56. The molecule has 4 aromatic rings. The van der Waals surface area contributed by atoms with E-state index in [0.29, 0.717) is 16.0 Å². The lowest BCUT2D eigenvalue weighted by Crippen LogP contribution is -2.42. The van der Waals surface area contributed by atoms with E-state index in [4.69, 9.17) is 27.7 Å². The first-order chi connectivity index (χ1) is 17.0. The second-order valence-corrected chi connectivity index (χ2v) is 11.3. The number of benzene rings is 2. The zero-order chi connectivity index (χ0) is 23.7. The van der Waals surface area contributed by atoms with Crippen LogP contribution in [0.5, 0.6) is 0 Å². The predicted molar refractivity (Wildman–Crippen MR) is 143 cm³/mol. The maximum Gasteiger partial charge on any atom is 0.147 e. The van der Waals surface area contributed by atoms with E-state index in [2.05, 4.69) is 58.2 Å². The van der Waals surface area contributed by atoms with Crippen LogP contribution < -0.4 is 4.90 Å². The molecule has 1 saturated heterocycles. The van der Waals surface area contributed by atoms with Crippen molar-refractivity contribution in [3.8, 4) is 11.3 Å². The van der Waals surface area contributed by atoms with E-state index < -0.39 is 0 Å². The van der Waals surface area contributed by atoms with Crippen LogP contribution in [0.25, 0.3) is 27.7 Å². The Balaban J connectivity index is 1.16. The van der Waals surface area contributed by atoms with Crippen LogP contribution in [0.15, 0.2) is 59.3 Å². The molecule has 2 aromatic heterocycles. The lowest BCUT2D eigenvalue weighted by atomic mass is 9.63. The number of anilines is 1. The summed E-state index contributed by atoms with van der Waals surface area (Å²) in [6.45, 7) is 2.14. The van der Waals surface area contributed by atoms with Crippen molar-refractivity contribution in [1.29, 1.82) is 0 Å². The molecule has 3 heterocycles. The highest BCUT2D eigenvalue weighted by atomic mass is 35.5. The number of halogens is 2. The Hall–Kier alpha value is -2.69. The molecule has 0 unspecified atom stereocenters. The van der Waals surface area contributed by atoms with Gasteiger partial charge in [-0.15, -0.1) is 0 Å². The fraction of sp³-hybridized carbons (Fsp3) is 0.345. The summed E-state index contributed by atoms with van der Waals surface area (Å²) in [4.78, 5) is 2.54. The molecular formula is C29H27Cl2N3O. The number of hydrogen-bond donors (Lipinski definition) is 0. The van der Waals surface area contributed by atoms with Gasteiger partial charge in [0.15, 0.2) is 0 Å². The minimum atomic E-state index is 0.264. The first-order valence-electron chi connectivity index (χ1n) is 12.5. The summed E-state index contributed by atoms with van der Waals surface area (Å²) in [6, 6.07) is 14.6. The molecule has 0 atom stereocenters. The normalized spacial score (nSPS) is 19.3. The van der Waals surface area contributed by atoms with Gasteiger partial charge in [0.05, 0.1) is 10.0 Å². The van der Waals surface area contributed by atoms with Crippen LogP contribution in [-0.4, -0.2) is 22.8 Å². The standard InChI is InChI=1S/C29H27Cl2N3O/c1-33-12-9-18-7-8-21(15-24(18)33)34-13-10-29(11-14-34)16-20(17-29)25-27(32-35-28(25)19-5-6-19)26-22(30)3-2-4-23(26)31/h2-4,7-9,12,15-16,19H,5-6,10-11,13-14,17H2,1H3. The van der Waals surface area contributed by atoms with E-state index in [9.17, 15) is 0 Å². The maximum atomic E-state index is 6.57. The summed E-state index contributed by atoms with van der Waals surface area (Å²) in [5, 5.41) is 7.02. The molecule has 1 aliphatic heterocycles. The molecule has 1 saturated carbocycles. The number of aromatic nitrogens is 2. The van der Waals surface area contributed by atoms with Crippen molar-refractivity contribution in [2.45, 2.75) is 38.0 Å². The fourth-order valence-electron chi connectivity index (χ4n) is 5.99. The van der Waals surface area contributed by atoms with E-state index in [1.807, 2.05) is 18.2 Å². The maximum absolute atomic E-state index is 6.57. The SMILES string of the molecule is Cn1ccc2ccc(N3CCC4(C=C(c5c(-c6c(Cl)cccc6Cl)noc5C5CC5)C4)CC3)cc21. The molecule has 6 heteroatoms. The number of aryl methyl sites for hydroxylation is 1. The van der Waals surface area contributed by atoms with Crippen LogP contribution in [-0.2, 0) is 7.05 Å². The zero-order valence-electron chi connectivity index (χ0n) is 19.7. The largest absolute Gasteiger partial charge is 0.371 e. The molecule has 178 valence electrons. The number of nitrogens with zero attached hydrogens (tertiary/aromatic N) is 3. The van der Waals surface area contributed by atoms with Crippen molar-refractivity contribution in [3.05, 3.63) is 76.1 Å². The molecule has 2 fully saturated rings. The Morgan fingerprint density at radius 2 is 1.74 bits per heavy atom. The van der Waals surface area contributed by atoms with Gasteiger partial charge in [-0.3, -0.25) is 0 Å². The Bertz CT molecular complexity index is 1460. The third-order valence-electron chi connectivity index (χ3n) is 8.21. The second kappa shape index (κ2) is 7.91. The topological polar surface area (TPSA) is 34.2 Å². The number of hydrogen-bond acceptors (Lipinski definition) is 3. The van der Waals surface area contributed by atoms with Crippen molar-refractivity contribution in [3.63, 3.8) is 0 Å². The summed E-state index contributed by atoms with van der Waals surface area (Å²) < 4.78 is 8.11. The Morgan fingerprint density at radius 3 is 2.46 bits per heavy atom. The van der Waals surface area contributed by atoms with Crippen LogP contribution in [0.3, 0.4) is 0 Å². The van der Waals surface area contributed by atoms with Gasteiger partial charge in [0.25, 0.3) is 0 Å². The molecule has 4 nitrogen and oxygen atoms in total. The monoisotopic (exact) mass is 503 g/mol. The molecule has 35 heavy (non-hydrogen) atoms. The van der Waals surface area contributed by atoms with Crippen molar-refractivity contribution in [1.82, 2.24) is 9.72 Å². The zero-order valence-corrected chi connectivity index (χ0v) is 21.2. The van der Waals surface area contributed by atoms with Crippen molar-refractivity contribution in [2.75, 3.05) is 18.0 Å². The van der Waals surface area contributed by atoms with Gasteiger partial charge in [0, 0.05) is 54.6 Å². The number of fused-ring (bicyclic) bond motifs is 1. The molecule has 3 aliphatic rings. The molecule has 1 spiro atoms. The van der Waals surface area contributed by atoms with Gasteiger partial charge >= 0.3 is 0 Å². The quantitative estimate of drug-likeness (QED) is 0.282.